The van der Waals surface area contributed by atoms with E-state index in [9.17, 15) is 9.59 Å². The molecule has 0 aromatic heterocycles. The van der Waals surface area contributed by atoms with Crippen LogP contribution in [0.5, 0.6) is 5.75 Å². The number of rotatable bonds is 5. The van der Waals surface area contributed by atoms with E-state index in [0.717, 1.165) is 44.6 Å². The minimum Gasteiger partial charge on any atom is -0.497 e. The molecule has 1 aromatic carbocycles. The predicted octanol–water partition coefficient (Wildman–Crippen LogP) is 2.60. The second kappa shape index (κ2) is 8.84. The molecule has 4 rings (SSSR count). The number of methoxy groups -OCH3 is 1. The Bertz CT molecular complexity index is 750. The lowest BCUT2D eigenvalue weighted by molar-refractivity contribution is -0.135. The second-order valence-electron chi connectivity index (χ2n) is 8.75. The van der Waals surface area contributed by atoms with Crippen molar-refractivity contribution in [2.45, 2.75) is 32.7 Å². The van der Waals surface area contributed by atoms with Gasteiger partial charge in [0.1, 0.15) is 5.75 Å². The quantitative estimate of drug-likeness (QED) is 0.740. The number of nitrogens with zero attached hydrogens (tertiary/aromatic N) is 3. The molecule has 2 saturated heterocycles. The van der Waals surface area contributed by atoms with Crippen molar-refractivity contribution in [3.05, 3.63) is 29.8 Å². The maximum Gasteiger partial charge on any atom is 0.409 e. The molecule has 30 heavy (non-hydrogen) atoms. The lowest BCUT2D eigenvalue weighted by atomic mass is 9.90. The first-order valence-corrected chi connectivity index (χ1v) is 11.1. The zero-order valence-electron chi connectivity index (χ0n) is 18.1. The molecule has 2 amide bonds. The molecule has 1 saturated carbocycles. The molecule has 3 aliphatic rings. The smallest absolute Gasteiger partial charge is 0.409 e. The zero-order valence-corrected chi connectivity index (χ0v) is 18.1. The van der Waals surface area contributed by atoms with Crippen LogP contribution in [0.3, 0.4) is 0 Å². The minimum absolute atomic E-state index is 0.176. The summed E-state index contributed by atoms with van der Waals surface area (Å²) in [5.41, 5.74) is 1.51. The van der Waals surface area contributed by atoms with Gasteiger partial charge in [-0.1, -0.05) is 12.1 Å². The average Bonchev–Trinajstić information content (AvgIpc) is 3.49. The van der Waals surface area contributed by atoms with Gasteiger partial charge in [-0.25, -0.2) is 4.79 Å². The molecule has 164 valence electrons. The van der Waals surface area contributed by atoms with Crippen LogP contribution in [0.25, 0.3) is 0 Å². The number of benzene rings is 1. The molecule has 1 aromatic rings. The van der Waals surface area contributed by atoms with Gasteiger partial charge in [0.15, 0.2) is 0 Å². The summed E-state index contributed by atoms with van der Waals surface area (Å²) in [6.07, 6.45) is 2.96. The number of carbonyl (C=O) groups excluding carboxylic acids is 2. The topological polar surface area (TPSA) is 62.3 Å². The SMILES string of the molecule is CCOC(=O)N1CCN(C(=O)[C@H]2CC23CCN(Cc2ccc(OC)cc2)CC3)CC1. The summed E-state index contributed by atoms with van der Waals surface area (Å²) < 4.78 is 10.3. The molecule has 7 nitrogen and oxygen atoms in total. The summed E-state index contributed by atoms with van der Waals surface area (Å²) in [5.74, 6) is 1.36. The molecular formula is C23H33N3O4. The number of likely N-dealkylation sites (tertiary alicyclic amines) is 1. The third-order valence-electron chi connectivity index (χ3n) is 7.02. The molecule has 1 spiro atoms. The highest BCUT2D eigenvalue weighted by atomic mass is 16.6. The summed E-state index contributed by atoms with van der Waals surface area (Å²) in [7, 11) is 1.69. The molecule has 1 aliphatic carbocycles. The molecule has 2 aliphatic heterocycles. The van der Waals surface area contributed by atoms with E-state index >= 15 is 0 Å². The third-order valence-corrected chi connectivity index (χ3v) is 7.02. The highest BCUT2D eigenvalue weighted by Gasteiger charge is 2.59. The highest BCUT2D eigenvalue weighted by molar-refractivity contribution is 5.83. The van der Waals surface area contributed by atoms with E-state index in [1.165, 1.54) is 5.56 Å². The first kappa shape index (κ1) is 21.0. The van der Waals surface area contributed by atoms with Crippen molar-refractivity contribution in [1.82, 2.24) is 14.7 Å². The van der Waals surface area contributed by atoms with Crippen LogP contribution in [0.4, 0.5) is 4.79 Å². The molecular weight excluding hydrogens is 382 g/mol. The Morgan fingerprint density at radius 2 is 1.63 bits per heavy atom. The third kappa shape index (κ3) is 4.41. The van der Waals surface area contributed by atoms with Gasteiger partial charge in [0.25, 0.3) is 0 Å². The van der Waals surface area contributed by atoms with Gasteiger partial charge in [-0.05, 0) is 62.4 Å². The average molecular weight is 416 g/mol. The number of amides is 2. The van der Waals surface area contributed by atoms with Gasteiger partial charge in [0, 0.05) is 38.6 Å². The van der Waals surface area contributed by atoms with Crippen molar-refractivity contribution >= 4 is 12.0 Å². The van der Waals surface area contributed by atoms with Crippen LogP contribution in [0.2, 0.25) is 0 Å². The van der Waals surface area contributed by atoms with E-state index < -0.39 is 0 Å². The maximum atomic E-state index is 13.0. The van der Waals surface area contributed by atoms with Gasteiger partial charge in [0.2, 0.25) is 5.91 Å². The zero-order chi connectivity index (χ0) is 21.1. The van der Waals surface area contributed by atoms with Crippen LogP contribution in [0.1, 0.15) is 31.7 Å². The molecule has 2 heterocycles. The van der Waals surface area contributed by atoms with Gasteiger partial charge < -0.3 is 19.3 Å². The number of piperazine rings is 1. The largest absolute Gasteiger partial charge is 0.497 e. The van der Waals surface area contributed by atoms with Crippen molar-refractivity contribution in [2.75, 3.05) is 53.0 Å². The number of hydrogen-bond donors (Lipinski definition) is 0. The van der Waals surface area contributed by atoms with Gasteiger partial charge in [-0.2, -0.15) is 0 Å². The van der Waals surface area contributed by atoms with Crippen molar-refractivity contribution in [2.24, 2.45) is 11.3 Å². The fourth-order valence-electron chi connectivity index (χ4n) is 4.94. The Morgan fingerprint density at radius 3 is 2.23 bits per heavy atom. The first-order valence-electron chi connectivity index (χ1n) is 11.1. The summed E-state index contributed by atoms with van der Waals surface area (Å²) >= 11 is 0. The maximum absolute atomic E-state index is 13.0. The predicted molar refractivity (Wildman–Crippen MR) is 113 cm³/mol. The first-order chi connectivity index (χ1) is 14.5. The Morgan fingerprint density at radius 1 is 1.00 bits per heavy atom. The normalized spacial score (nSPS) is 23.3. The number of piperidine rings is 1. The van der Waals surface area contributed by atoms with Crippen LogP contribution < -0.4 is 4.74 Å². The number of ether oxygens (including phenoxy) is 2. The summed E-state index contributed by atoms with van der Waals surface area (Å²) in [6.45, 7) is 7.62. The van der Waals surface area contributed by atoms with E-state index in [2.05, 4.69) is 17.0 Å². The Labute approximate surface area is 178 Å². The molecule has 0 N–H and O–H groups in total. The van der Waals surface area contributed by atoms with Gasteiger partial charge in [0.05, 0.1) is 13.7 Å². The molecule has 0 bridgehead atoms. The van der Waals surface area contributed by atoms with Crippen LogP contribution >= 0.6 is 0 Å². The lowest BCUT2D eigenvalue weighted by Gasteiger charge is -2.36. The standard InChI is InChI=1S/C23H33N3O4/c1-3-30-22(28)26-14-12-25(13-15-26)21(27)20-16-23(20)8-10-24(11-9-23)17-18-4-6-19(29-2)7-5-18/h4-7,20H,3,8-17H2,1-2H3/t20-/m1/s1. The lowest BCUT2D eigenvalue weighted by Crippen LogP contribution is -2.51. The Hall–Kier alpha value is -2.28. The van der Waals surface area contributed by atoms with Crippen LogP contribution in [0.15, 0.2) is 24.3 Å². The molecule has 1 atom stereocenters. The minimum atomic E-state index is -0.267. The monoisotopic (exact) mass is 415 g/mol. The van der Waals surface area contributed by atoms with Crippen LogP contribution in [-0.4, -0.2) is 79.7 Å². The fraction of sp³-hybridized carbons (Fsp3) is 0.652. The second-order valence-corrected chi connectivity index (χ2v) is 8.75. The van der Waals surface area contributed by atoms with E-state index in [-0.39, 0.29) is 17.4 Å². The van der Waals surface area contributed by atoms with E-state index in [4.69, 9.17) is 9.47 Å². The summed E-state index contributed by atoms with van der Waals surface area (Å²) in [6, 6.07) is 8.28. The molecule has 7 heteroatoms. The Balaban J connectivity index is 1.22. The van der Waals surface area contributed by atoms with E-state index in [1.807, 2.05) is 24.0 Å². The number of hydrogen-bond acceptors (Lipinski definition) is 5. The number of carbonyl (C=O) groups is 2. The molecule has 3 fully saturated rings. The highest BCUT2D eigenvalue weighted by Crippen LogP contribution is 2.60. The van der Waals surface area contributed by atoms with Crippen molar-refractivity contribution in [1.29, 1.82) is 0 Å². The van der Waals surface area contributed by atoms with Gasteiger partial charge in [-0.15, -0.1) is 0 Å². The van der Waals surface area contributed by atoms with Crippen LogP contribution in [0, 0.1) is 11.3 Å². The fourth-order valence-corrected chi connectivity index (χ4v) is 4.94. The Kier molecular flexibility index (Phi) is 6.18. The molecule has 0 unspecified atom stereocenters. The van der Waals surface area contributed by atoms with Crippen molar-refractivity contribution < 1.29 is 19.1 Å². The van der Waals surface area contributed by atoms with Crippen LogP contribution in [-0.2, 0) is 16.1 Å². The van der Waals surface area contributed by atoms with Crippen molar-refractivity contribution in [3.8, 4) is 5.75 Å². The van der Waals surface area contributed by atoms with Gasteiger partial charge in [-0.3, -0.25) is 9.69 Å². The summed E-state index contributed by atoms with van der Waals surface area (Å²) in [5, 5.41) is 0. The van der Waals surface area contributed by atoms with E-state index in [1.54, 1.807) is 12.0 Å². The molecule has 0 radical (unpaired) electrons. The van der Waals surface area contributed by atoms with E-state index in [0.29, 0.717) is 38.7 Å². The summed E-state index contributed by atoms with van der Waals surface area (Å²) in [4.78, 5) is 31.0. The van der Waals surface area contributed by atoms with Gasteiger partial charge >= 0.3 is 6.09 Å². The van der Waals surface area contributed by atoms with Crippen molar-refractivity contribution in [3.63, 3.8) is 0 Å².